The van der Waals surface area contributed by atoms with Gasteiger partial charge in [-0.3, -0.25) is 5.41 Å². The van der Waals surface area contributed by atoms with Gasteiger partial charge in [-0.2, -0.15) is 0 Å². The van der Waals surface area contributed by atoms with Crippen molar-refractivity contribution in [3.05, 3.63) is 24.3 Å². The molecule has 0 atom stereocenters. The first kappa shape index (κ1) is 10.8. The second-order valence-corrected chi connectivity index (χ2v) is 2.71. The Bertz CT molecular complexity index is 379. The third-order valence-corrected chi connectivity index (χ3v) is 1.51. The number of carbonyl (C=O) groups excluding carboxylic acids is 1. The van der Waals surface area contributed by atoms with E-state index in [0.717, 1.165) is 0 Å². The van der Waals surface area contributed by atoms with Crippen molar-refractivity contribution in [2.24, 2.45) is 5.73 Å². The summed E-state index contributed by atoms with van der Waals surface area (Å²) < 4.78 is 4.79. The number of nitrogens with two attached hydrogens (primary N) is 1. The molecule has 0 bridgehead atoms. The zero-order chi connectivity index (χ0) is 11.3. The molecule has 0 fully saturated rings. The van der Waals surface area contributed by atoms with Gasteiger partial charge in [0.1, 0.15) is 6.54 Å². The third-order valence-electron chi connectivity index (χ3n) is 1.51. The van der Waals surface area contributed by atoms with E-state index in [1.165, 1.54) is 12.1 Å². The fourth-order valence-electron chi connectivity index (χ4n) is 0.870. The quantitative estimate of drug-likeness (QED) is 0.238. The summed E-state index contributed by atoms with van der Waals surface area (Å²) in [5.41, 5.74) is 4.98. The summed E-state index contributed by atoms with van der Waals surface area (Å²) in [7, 11) is 0. The number of ether oxygens (including phenoxy) is 1. The lowest BCUT2D eigenvalue weighted by atomic mass is 10.3. The first-order valence-corrected chi connectivity index (χ1v) is 4.16. The van der Waals surface area contributed by atoms with Gasteiger partial charge < -0.3 is 20.9 Å². The Labute approximate surface area is 86.2 Å². The van der Waals surface area contributed by atoms with Crippen LogP contribution in [0.1, 0.15) is 0 Å². The van der Waals surface area contributed by atoms with Crippen LogP contribution in [0.3, 0.4) is 0 Å². The number of esters is 1. The molecule has 0 aromatic heterocycles. The zero-order valence-corrected chi connectivity index (χ0v) is 7.86. The molecule has 0 unspecified atom stereocenters. The maximum atomic E-state index is 11.1. The fourth-order valence-corrected chi connectivity index (χ4v) is 0.870. The summed E-state index contributed by atoms with van der Waals surface area (Å²) in [5.74, 6) is -0.988. The number of rotatable bonds is 3. The summed E-state index contributed by atoms with van der Waals surface area (Å²) in [6, 6.07) is 6.10. The summed E-state index contributed by atoms with van der Waals surface area (Å²) in [6.45, 7) is -0.219. The van der Waals surface area contributed by atoms with Crippen LogP contribution in [-0.2, 0) is 4.79 Å². The predicted octanol–water partition coefficient (Wildman–Crippen LogP) is -0.219. The number of hydrogen-bond donors (Lipinski definition) is 4. The number of guanidine groups is 1. The van der Waals surface area contributed by atoms with Crippen LogP contribution in [0.15, 0.2) is 24.3 Å². The summed E-state index contributed by atoms with van der Waals surface area (Å²) in [5, 5.41) is 18.4. The van der Waals surface area contributed by atoms with Crippen molar-refractivity contribution in [1.82, 2.24) is 5.32 Å². The molecular formula is C9H11N3O3. The number of aromatic hydroxyl groups is 1. The molecule has 1 rings (SSSR count). The van der Waals surface area contributed by atoms with Gasteiger partial charge in [-0.25, -0.2) is 4.79 Å². The number of phenolic OH excluding ortho intramolecular Hbond substituents is 1. The Morgan fingerprint density at radius 2 is 2.20 bits per heavy atom. The Kier molecular flexibility index (Phi) is 3.50. The summed E-state index contributed by atoms with van der Waals surface area (Å²) >= 11 is 0. The summed E-state index contributed by atoms with van der Waals surface area (Å²) in [6.07, 6.45) is 0. The van der Waals surface area contributed by atoms with E-state index in [1.54, 1.807) is 12.1 Å². The van der Waals surface area contributed by atoms with E-state index >= 15 is 0 Å². The molecule has 0 radical (unpaired) electrons. The highest BCUT2D eigenvalue weighted by molar-refractivity contribution is 5.82. The van der Waals surface area contributed by atoms with E-state index < -0.39 is 5.97 Å². The Balaban J connectivity index is 2.52. The van der Waals surface area contributed by atoms with Crippen LogP contribution in [0.25, 0.3) is 0 Å². The molecule has 6 heteroatoms. The van der Waals surface area contributed by atoms with Gasteiger partial charge in [0, 0.05) is 0 Å². The number of phenols is 1. The smallest absolute Gasteiger partial charge is 0.330 e. The Hall–Kier alpha value is -2.24. The predicted molar refractivity (Wildman–Crippen MR) is 53.7 cm³/mol. The average molecular weight is 209 g/mol. The van der Waals surface area contributed by atoms with E-state index in [-0.39, 0.29) is 24.0 Å². The van der Waals surface area contributed by atoms with Crippen molar-refractivity contribution in [3.8, 4) is 11.5 Å². The standard InChI is InChI=1S/C9H11N3O3/c10-9(11)12-5-8(14)15-7-4-2-1-3-6(7)13/h1-4,13H,5H2,(H4,10,11,12). The van der Waals surface area contributed by atoms with Gasteiger partial charge in [0.2, 0.25) is 0 Å². The SMILES string of the molecule is N=C(N)NCC(=O)Oc1ccccc1O. The van der Waals surface area contributed by atoms with E-state index in [2.05, 4.69) is 5.32 Å². The van der Waals surface area contributed by atoms with Crippen LogP contribution in [-0.4, -0.2) is 23.6 Å². The molecule has 1 aromatic rings. The Morgan fingerprint density at radius 3 is 2.80 bits per heavy atom. The Morgan fingerprint density at radius 1 is 1.53 bits per heavy atom. The molecule has 15 heavy (non-hydrogen) atoms. The number of para-hydroxylation sites is 2. The van der Waals surface area contributed by atoms with Crippen molar-refractivity contribution < 1.29 is 14.6 Å². The molecule has 0 spiro atoms. The first-order valence-electron chi connectivity index (χ1n) is 4.16. The highest BCUT2D eigenvalue weighted by atomic mass is 16.5. The van der Waals surface area contributed by atoms with Crippen molar-refractivity contribution in [3.63, 3.8) is 0 Å². The highest BCUT2D eigenvalue weighted by Crippen LogP contribution is 2.24. The molecule has 0 saturated heterocycles. The first-order chi connectivity index (χ1) is 7.09. The third kappa shape index (κ3) is 3.55. The number of benzene rings is 1. The molecule has 0 heterocycles. The lowest BCUT2D eigenvalue weighted by Gasteiger charge is -2.06. The van der Waals surface area contributed by atoms with Crippen LogP contribution < -0.4 is 15.8 Å². The molecule has 0 aliphatic carbocycles. The summed E-state index contributed by atoms with van der Waals surface area (Å²) in [4.78, 5) is 11.1. The van der Waals surface area contributed by atoms with Crippen LogP contribution in [0.4, 0.5) is 0 Å². The van der Waals surface area contributed by atoms with Gasteiger partial charge in [0.05, 0.1) is 0 Å². The van der Waals surface area contributed by atoms with Crippen molar-refractivity contribution in [2.75, 3.05) is 6.54 Å². The minimum Gasteiger partial charge on any atom is -0.504 e. The highest BCUT2D eigenvalue weighted by Gasteiger charge is 2.07. The van der Waals surface area contributed by atoms with E-state index in [0.29, 0.717) is 0 Å². The molecule has 0 saturated carbocycles. The second kappa shape index (κ2) is 4.85. The number of hydrogen-bond acceptors (Lipinski definition) is 4. The maximum absolute atomic E-state index is 11.1. The fraction of sp³-hybridized carbons (Fsp3) is 0.111. The van der Waals surface area contributed by atoms with E-state index in [9.17, 15) is 9.90 Å². The molecule has 5 N–H and O–H groups in total. The normalized spacial score (nSPS) is 9.33. The molecule has 0 amide bonds. The average Bonchev–Trinajstić information content (AvgIpc) is 2.18. The molecule has 6 nitrogen and oxygen atoms in total. The van der Waals surface area contributed by atoms with Crippen molar-refractivity contribution in [1.29, 1.82) is 5.41 Å². The van der Waals surface area contributed by atoms with Gasteiger partial charge in [0.25, 0.3) is 0 Å². The van der Waals surface area contributed by atoms with E-state index in [4.69, 9.17) is 15.9 Å². The van der Waals surface area contributed by atoms with Crippen molar-refractivity contribution >= 4 is 11.9 Å². The molecule has 0 aliphatic heterocycles. The minimum absolute atomic E-state index is 0.0767. The van der Waals surface area contributed by atoms with Crippen molar-refractivity contribution in [2.45, 2.75) is 0 Å². The number of carbonyl (C=O) groups is 1. The van der Waals surface area contributed by atoms with Gasteiger partial charge in [-0.15, -0.1) is 0 Å². The molecule has 0 aliphatic rings. The molecular weight excluding hydrogens is 198 g/mol. The van der Waals surface area contributed by atoms with Gasteiger partial charge in [-0.1, -0.05) is 12.1 Å². The topological polar surface area (TPSA) is 108 Å². The zero-order valence-electron chi connectivity index (χ0n) is 7.86. The molecule has 1 aromatic carbocycles. The second-order valence-electron chi connectivity index (χ2n) is 2.71. The monoisotopic (exact) mass is 209 g/mol. The minimum atomic E-state index is -0.633. The van der Waals surface area contributed by atoms with Crippen LogP contribution in [0.2, 0.25) is 0 Å². The maximum Gasteiger partial charge on any atom is 0.330 e. The largest absolute Gasteiger partial charge is 0.504 e. The van der Waals surface area contributed by atoms with Crippen LogP contribution >= 0.6 is 0 Å². The van der Waals surface area contributed by atoms with Crippen LogP contribution in [0.5, 0.6) is 11.5 Å². The molecule has 80 valence electrons. The number of nitrogens with one attached hydrogen (secondary N) is 2. The van der Waals surface area contributed by atoms with Gasteiger partial charge in [-0.05, 0) is 12.1 Å². The van der Waals surface area contributed by atoms with E-state index in [1.807, 2.05) is 0 Å². The lowest BCUT2D eigenvalue weighted by molar-refractivity contribution is -0.133. The van der Waals surface area contributed by atoms with Gasteiger partial charge >= 0.3 is 5.97 Å². The lowest BCUT2D eigenvalue weighted by Crippen LogP contribution is -2.36. The van der Waals surface area contributed by atoms with Crippen LogP contribution in [0, 0.1) is 5.41 Å². The van der Waals surface area contributed by atoms with Gasteiger partial charge in [0.15, 0.2) is 17.5 Å².